The summed E-state index contributed by atoms with van der Waals surface area (Å²) >= 11 is 0. The Balaban J connectivity index is 2.33. The standard InChI is InChI=1S/C14H20FN/c1-11-10-12(15)6-7-13(11)14(2)8-4-3-5-9-16-14/h6-7,10,16H,3-5,8-9H2,1-2H3. The highest BCUT2D eigenvalue weighted by molar-refractivity contribution is 5.33. The van der Waals surface area contributed by atoms with Crippen LogP contribution >= 0.6 is 0 Å². The number of nitrogens with one attached hydrogen (secondary N) is 1. The lowest BCUT2D eigenvalue weighted by molar-refractivity contribution is 0.357. The van der Waals surface area contributed by atoms with Crippen molar-refractivity contribution in [3.8, 4) is 0 Å². The van der Waals surface area contributed by atoms with Crippen molar-refractivity contribution < 1.29 is 4.39 Å². The van der Waals surface area contributed by atoms with Gasteiger partial charge in [-0.1, -0.05) is 18.9 Å². The number of aryl methyl sites for hydroxylation is 1. The first-order valence-corrected chi connectivity index (χ1v) is 6.13. The van der Waals surface area contributed by atoms with E-state index in [2.05, 4.69) is 12.2 Å². The minimum absolute atomic E-state index is 0.0221. The molecule has 0 aromatic heterocycles. The second-order valence-electron chi connectivity index (χ2n) is 5.03. The van der Waals surface area contributed by atoms with E-state index < -0.39 is 0 Å². The molecule has 0 saturated carbocycles. The molecule has 0 aliphatic carbocycles. The van der Waals surface area contributed by atoms with Crippen LogP contribution in [0.2, 0.25) is 0 Å². The third kappa shape index (κ3) is 2.27. The van der Waals surface area contributed by atoms with Crippen LogP contribution in [0.3, 0.4) is 0 Å². The smallest absolute Gasteiger partial charge is 0.123 e. The third-order valence-corrected chi connectivity index (χ3v) is 3.65. The van der Waals surface area contributed by atoms with E-state index in [0.717, 1.165) is 18.5 Å². The van der Waals surface area contributed by atoms with Gasteiger partial charge < -0.3 is 5.32 Å². The van der Waals surface area contributed by atoms with Gasteiger partial charge in [0.15, 0.2) is 0 Å². The average molecular weight is 221 g/mol. The minimum atomic E-state index is -0.140. The van der Waals surface area contributed by atoms with Gasteiger partial charge in [0.2, 0.25) is 0 Å². The Morgan fingerprint density at radius 1 is 1.25 bits per heavy atom. The van der Waals surface area contributed by atoms with Crippen LogP contribution in [0.4, 0.5) is 4.39 Å². The van der Waals surface area contributed by atoms with Crippen molar-refractivity contribution >= 4 is 0 Å². The second-order valence-corrected chi connectivity index (χ2v) is 5.03. The van der Waals surface area contributed by atoms with Gasteiger partial charge in [-0.2, -0.15) is 0 Å². The summed E-state index contributed by atoms with van der Waals surface area (Å²) in [4.78, 5) is 0. The molecule has 0 radical (unpaired) electrons. The lowest BCUT2D eigenvalue weighted by Gasteiger charge is -2.31. The number of benzene rings is 1. The van der Waals surface area contributed by atoms with Gasteiger partial charge in [-0.25, -0.2) is 4.39 Å². The van der Waals surface area contributed by atoms with Gasteiger partial charge in [-0.05, 0) is 56.5 Å². The van der Waals surface area contributed by atoms with Gasteiger partial charge in [0, 0.05) is 5.54 Å². The van der Waals surface area contributed by atoms with Gasteiger partial charge in [0.05, 0.1) is 0 Å². The van der Waals surface area contributed by atoms with Crippen molar-refractivity contribution in [2.24, 2.45) is 0 Å². The predicted molar refractivity (Wildman–Crippen MR) is 65.0 cm³/mol. The Kier molecular flexibility index (Phi) is 3.29. The predicted octanol–water partition coefficient (Wildman–Crippen LogP) is 3.51. The summed E-state index contributed by atoms with van der Waals surface area (Å²) in [6.07, 6.45) is 4.93. The number of halogens is 1. The molecule has 1 N–H and O–H groups in total. The van der Waals surface area contributed by atoms with Crippen molar-refractivity contribution in [2.45, 2.75) is 45.1 Å². The molecule has 1 saturated heterocycles. The molecule has 1 aromatic rings. The van der Waals surface area contributed by atoms with E-state index in [4.69, 9.17) is 0 Å². The van der Waals surface area contributed by atoms with Crippen LogP contribution in [0.1, 0.15) is 43.7 Å². The summed E-state index contributed by atoms with van der Waals surface area (Å²) in [6, 6.07) is 5.14. The monoisotopic (exact) mass is 221 g/mol. The Hall–Kier alpha value is -0.890. The molecule has 0 spiro atoms. The average Bonchev–Trinajstić information content (AvgIpc) is 2.43. The van der Waals surface area contributed by atoms with E-state index in [0.29, 0.717) is 0 Å². The highest BCUT2D eigenvalue weighted by atomic mass is 19.1. The molecule has 1 aliphatic heterocycles. The minimum Gasteiger partial charge on any atom is -0.308 e. The molecule has 1 aromatic carbocycles. The number of hydrogen-bond acceptors (Lipinski definition) is 1. The number of rotatable bonds is 1. The van der Waals surface area contributed by atoms with Crippen molar-refractivity contribution in [1.29, 1.82) is 0 Å². The molecule has 0 amide bonds. The summed E-state index contributed by atoms with van der Waals surface area (Å²) in [7, 11) is 0. The summed E-state index contributed by atoms with van der Waals surface area (Å²) in [6.45, 7) is 5.29. The van der Waals surface area contributed by atoms with E-state index in [-0.39, 0.29) is 11.4 Å². The quantitative estimate of drug-likeness (QED) is 0.765. The van der Waals surface area contributed by atoms with E-state index in [9.17, 15) is 4.39 Å². The van der Waals surface area contributed by atoms with Gasteiger partial charge >= 0.3 is 0 Å². The Bertz CT molecular complexity index is 365. The molecule has 2 heteroatoms. The van der Waals surface area contributed by atoms with Crippen molar-refractivity contribution in [2.75, 3.05) is 6.54 Å². The van der Waals surface area contributed by atoms with Crippen LogP contribution < -0.4 is 5.32 Å². The van der Waals surface area contributed by atoms with Crippen LogP contribution in [-0.2, 0) is 5.54 Å². The maximum atomic E-state index is 13.1. The van der Waals surface area contributed by atoms with Crippen LogP contribution in [0.25, 0.3) is 0 Å². The second kappa shape index (κ2) is 4.54. The lowest BCUT2D eigenvalue weighted by atomic mass is 9.85. The maximum absolute atomic E-state index is 13.1. The summed E-state index contributed by atoms with van der Waals surface area (Å²) in [5.41, 5.74) is 2.32. The Labute approximate surface area is 97.1 Å². The molecule has 1 unspecified atom stereocenters. The van der Waals surface area contributed by atoms with Gasteiger partial charge in [0.25, 0.3) is 0 Å². The van der Waals surface area contributed by atoms with Crippen LogP contribution in [0, 0.1) is 12.7 Å². The molecule has 88 valence electrons. The zero-order valence-corrected chi connectivity index (χ0v) is 10.1. The first kappa shape index (κ1) is 11.6. The largest absolute Gasteiger partial charge is 0.308 e. The van der Waals surface area contributed by atoms with E-state index in [1.807, 2.05) is 13.0 Å². The molecular weight excluding hydrogens is 201 g/mol. The molecule has 2 rings (SSSR count). The highest BCUT2D eigenvalue weighted by Crippen LogP contribution is 2.31. The SMILES string of the molecule is Cc1cc(F)ccc1C1(C)CCCCCN1. The summed E-state index contributed by atoms with van der Waals surface area (Å²) in [5, 5.41) is 3.61. The fraction of sp³-hybridized carbons (Fsp3) is 0.571. The molecule has 1 heterocycles. The molecule has 1 aliphatic rings. The zero-order chi connectivity index (χ0) is 11.6. The van der Waals surface area contributed by atoms with Gasteiger partial charge in [0.1, 0.15) is 5.82 Å². The summed E-state index contributed by atoms with van der Waals surface area (Å²) in [5.74, 6) is -0.140. The molecular formula is C14H20FN. The molecule has 1 atom stereocenters. The topological polar surface area (TPSA) is 12.0 Å². The van der Waals surface area contributed by atoms with E-state index >= 15 is 0 Å². The van der Waals surface area contributed by atoms with E-state index in [1.165, 1.54) is 24.8 Å². The third-order valence-electron chi connectivity index (χ3n) is 3.65. The van der Waals surface area contributed by atoms with Crippen molar-refractivity contribution in [3.05, 3.63) is 35.1 Å². The van der Waals surface area contributed by atoms with Crippen LogP contribution in [0.5, 0.6) is 0 Å². The van der Waals surface area contributed by atoms with Crippen LogP contribution in [-0.4, -0.2) is 6.54 Å². The van der Waals surface area contributed by atoms with Gasteiger partial charge in [-0.15, -0.1) is 0 Å². The van der Waals surface area contributed by atoms with Gasteiger partial charge in [-0.3, -0.25) is 0 Å². The Morgan fingerprint density at radius 2 is 2.06 bits per heavy atom. The number of hydrogen-bond donors (Lipinski definition) is 1. The fourth-order valence-corrected chi connectivity index (χ4v) is 2.71. The maximum Gasteiger partial charge on any atom is 0.123 e. The Morgan fingerprint density at radius 3 is 2.81 bits per heavy atom. The van der Waals surface area contributed by atoms with Crippen molar-refractivity contribution in [1.82, 2.24) is 5.32 Å². The fourth-order valence-electron chi connectivity index (χ4n) is 2.71. The van der Waals surface area contributed by atoms with Crippen LogP contribution in [0.15, 0.2) is 18.2 Å². The highest BCUT2D eigenvalue weighted by Gasteiger charge is 2.28. The first-order chi connectivity index (χ1) is 7.62. The summed E-state index contributed by atoms with van der Waals surface area (Å²) < 4.78 is 13.1. The lowest BCUT2D eigenvalue weighted by Crippen LogP contribution is -2.39. The molecule has 16 heavy (non-hydrogen) atoms. The first-order valence-electron chi connectivity index (χ1n) is 6.13. The molecule has 1 fully saturated rings. The molecule has 0 bridgehead atoms. The van der Waals surface area contributed by atoms with E-state index in [1.54, 1.807) is 12.1 Å². The zero-order valence-electron chi connectivity index (χ0n) is 10.1. The normalized spacial score (nSPS) is 26.4. The molecule has 1 nitrogen and oxygen atoms in total. The van der Waals surface area contributed by atoms with Crippen molar-refractivity contribution in [3.63, 3.8) is 0 Å².